The minimum Gasteiger partial charge on any atom is -0.480 e. The number of thiocarbonyl (C=S) groups is 1. The molecule has 1 aliphatic heterocycles. The fourth-order valence-electron chi connectivity index (χ4n) is 2.29. The molecule has 8 heteroatoms. The molecule has 0 aliphatic carbocycles. The van der Waals surface area contributed by atoms with E-state index < -0.39 is 23.9 Å². The van der Waals surface area contributed by atoms with Gasteiger partial charge in [-0.2, -0.15) is 0 Å². The molecule has 1 atom stereocenters. The van der Waals surface area contributed by atoms with Crippen LogP contribution in [0.15, 0.2) is 29.2 Å². The van der Waals surface area contributed by atoms with Gasteiger partial charge >= 0.3 is 11.9 Å². The highest BCUT2D eigenvalue weighted by atomic mass is 32.2. The maximum absolute atomic E-state index is 12.5. The van der Waals surface area contributed by atoms with Gasteiger partial charge < -0.3 is 10.2 Å². The Morgan fingerprint density at radius 3 is 2.25 bits per heavy atom. The van der Waals surface area contributed by atoms with Crippen LogP contribution in [-0.2, 0) is 9.59 Å². The summed E-state index contributed by atoms with van der Waals surface area (Å²) in [6, 6.07) is 5.00. The first-order valence-corrected chi connectivity index (χ1v) is 8.28. The molecule has 0 saturated carbocycles. The Labute approximate surface area is 148 Å². The predicted molar refractivity (Wildman–Crippen MR) is 94.7 cm³/mol. The monoisotopic (exact) mass is 365 g/mol. The first-order chi connectivity index (χ1) is 11.2. The van der Waals surface area contributed by atoms with Crippen molar-refractivity contribution in [3.05, 3.63) is 40.3 Å². The second-order valence-corrected chi connectivity index (χ2v) is 7.18. The van der Waals surface area contributed by atoms with Gasteiger partial charge in [-0.1, -0.05) is 50.0 Å². The Hall–Kier alpha value is -2.19. The normalized spacial score (nSPS) is 17.6. The summed E-state index contributed by atoms with van der Waals surface area (Å²) in [5, 5.41) is 18.2. The Balaban J connectivity index is 2.30. The number of aromatic carboxylic acids is 1. The molecular formula is C16H15NO5S2. The molecule has 0 radical (unpaired) electrons. The number of hydrogen-bond donors (Lipinski definition) is 2. The number of carboxylic acids is 2. The van der Waals surface area contributed by atoms with Gasteiger partial charge in [0.15, 0.2) is 0 Å². The highest BCUT2D eigenvalue weighted by Gasteiger charge is 2.41. The summed E-state index contributed by atoms with van der Waals surface area (Å²) < 4.78 is 0.203. The van der Waals surface area contributed by atoms with Gasteiger partial charge in [0.25, 0.3) is 5.91 Å². The van der Waals surface area contributed by atoms with Gasteiger partial charge in [-0.25, -0.2) is 9.59 Å². The van der Waals surface area contributed by atoms with Crippen LogP contribution in [0.3, 0.4) is 0 Å². The lowest BCUT2D eigenvalue weighted by atomic mass is 10.0. The zero-order valence-electron chi connectivity index (χ0n) is 12.9. The molecule has 24 heavy (non-hydrogen) atoms. The Kier molecular flexibility index (Phi) is 5.40. The van der Waals surface area contributed by atoms with E-state index in [0.29, 0.717) is 10.5 Å². The van der Waals surface area contributed by atoms with Crippen LogP contribution in [0.25, 0.3) is 6.08 Å². The summed E-state index contributed by atoms with van der Waals surface area (Å²) in [5.41, 5.74) is 0.780. The molecule has 1 aliphatic rings. The minimum atomic E-state index is -1.10. The van der Waals surface area contributed by atoms with Crippen molar-refractivity contribution in [1.29, 1.82) is 0 Å². The van der Waals surface area contributed by atoms with E-state index in [9.17, 15) is 19.5 Å². The first-order valence-electron chi connectivity index (χ1n) is 7.05. The molecule has 0 spiro atoms. The van der Waals surface area contributed by atoms with Crippen molar-refractivity contribution in [2.75, 3.05) is 0 Å². The fraction of sp³-hybridized carbons (Fsp3) is 0.250. The second kappa shape index (κ2) is 7.14. The number of carbonyl (C=O) groups excluding carboxylic acids is 1. The first kappa shape index (κ1) is 18.2. The molecule has 1 amide bonds. The summed E-state index contributed by atoms with van der Waals surface area (Å²) >= 11 is 6.21. The van der Waals surface area contributed by atoms with Gasteiger partial charge in [-0.05, 0) is 29.7 Å². The number of benzene rings is 1. The third kappa shape index (κ3) is 3.65. The number of nitrogens with zero attached hydrogens (tertiary/aromatic N) is 1. The summed E-state index contributed by atoms with van der Waals surface area (Å²) in [6.07, 6.45) is 1.57. The van der Waals surface area contributed by atoms with E-state index in [2.05, 4.69) is 0 Å². The smallest absolute Gasteiger partial charge is 0.335 e. The van der Waals surface area contributed by atoms with Gasteiger partial charge in [0.05, 0.1) is 10.5 Å². The molecule has 1 saturated heterocycles. The topological polar surface area (TPSA) is 94.9 Å². The van der Waals surface area contributed by atoms with Crippen LogP contribution in [0, 0.1) is 5.92 Å². The molecule has 0 bridgehead atoms. The summed E-state index contributed by atoms with van der Waals surface area (Å²) in [5.74, 6) is -2.88. The van der Waals surface area contributed by atoms with Crippen LogP contribution < -0.4 is 0 Å². The van der Waals surface area contributed by atoms with Gasteiger partial charge in [0.2, 0.25) is 0 Å². The molecule has 0 aromatic heterocycles. The van der Waals surface area contributed by atoms with Crippen molar-refractivity contribution >= 4 is 52.2 Å². The second-order valence-electron chi connectivity index (χ2n) is 5.51. The van der Waals surface area contributed by atoms with Crippen molar-refractivity contribution in [2.24, 2.45) is 5.92 Å². The molecule has 2 rings (SSSR count). The number of carbonyl (C=O) groups is 3. The van der Waals surface area contributed by atoms with Gasteiger partial charge in [-0.3, -0.25) is 9.69 Å². The predicted octanol–water partition coefficient (Wildman–Crippen LogP) is 2.70. The van der Waals surface area contributed by atoms with Gasteiger partial charge in [0, 0.05) is 0 Å². The SMILES string of the molecule is CC(C)[C@H](C(=O)O)N1C(=O)/C(=C/c2ccc(C(=O)O)cc2)SC1=S. The highest BCUT2D eigenvalue weighted by molar-refractivity contribution is 8.26. The fourth-order valence-corrected chi connectivity index (χ4v) is 3.62. The van der Waals surface area contributed by atoms with Crippen LogP contribution in [0.1, 0.15) is 29.8 Å². The van der Waals surface area contributed by atoms with E-state index in [1.165, 1.54) is 12.1 Å². The van der Waals surface area contributed by atoms with E-state index in [1.54, 1.807) is 32.1 Å². The van der Waals surface area contributed by atoms with Crippen molar-refractivity contribution < 1.29 is 24.6 Å². The van der Waals surface area contributed by atoms with Crippen LogP contribution >= 0.6 is 24.0 Å². The third-order valence-corrected chi connectivity index (χ3v) is 4.77. The minimum absolute atomic E-state index is 0.144. The molecular weight excluding hydrogens is 350 g/mol. The van der Waals surface area contributed by atoms with Crippen molar-refractivity contribution in [3.63, 3.8) is 0 Å². The quantitative estimate of drug-likeness (QED) is 0.612. The Morgan fingerprint density at radius 2 is 1.79 bits per heavy atom. The number of rotatable bonds is 5. The number of carboxylic acid groups (broad SMARTS) is 2. The zero-order valence-corrected chi connectivity index (χ0v) is 14.6. The highest BCUT2D eigenvalue weighted by Crippen LogP contribution is 2.35. The van der Waals surface area contributed by atoms with E-state index in [0.717, 1.165) is 16.7 Å². The lowest BCUT2D eigenvalue weighted by Gasteiger charge is -2.26. The molecule has 1 heterocycles. The molecule has 126 valence electrons. The van der Waals surface area contributed by atoms with Crippen LogP contribution in [0.4, 0.5) is 0 Å². The lowest BCUT2D eigenvalue weighted by molar-refractivity contribution is -0.146. The Bertz CT molecular complexity index is 739. The third-order valence-electron chi connectivity index (χ3n) is 3.44. The van der Waals surface area contributed by atoms with Crippen LogP contribution in [0.5, 0.6) is 0 Å². The zero-order chi connectivity index (χ0) is 18.0. The van der Waals surface area contributed by atoms with E-state index in [4.69, 9.17) is 17.3 Å². The van der Waals surface area contributed by atoms with Crippen molar-refractivity contribution in [3.8, 4) is 0 Å². The molecule has 1 aromatic carbocycles. The standard InChI is InChI=1S/C16H15NO5S2/c1-8(2)12(15(21)22)17-13(18)11(24-16(17)23)7-9-3-5-10(6-4-9)14(19)20/h3-8,12H,1-2H3,(H,19,20)(H,21,22)/b11-7-/t12-/m1/s1. The average Bonchev–Trinajstić information content (AvgIpc) is 2.75. The summed E-state index contributed by atoms with van der Waals surface area (Å²) in [7, 11) is 0. The number of aliphatic carboxylic acids is 1. The van der Waals surface area contributed by atoms with Crippen molar-refractivity contribution in [1.82, 2.24) is 4.90 Å². The van der Waals surface area contributed by atoms with Crippen LogP contribution in [0.2, 0.25) is 0 Å². The summed E-state index contributed by atoms with van der Waals surface area (Å²) in [4.78, 5) is 36.3. The average molecular weight is 365 g/mol. The Morgan fingerprint density at radius 1 is 1.21 bits per heavy atom. The number of hydrogen-bond acceptors (Lipinski definition) is 5. The van der Waals surface area contributed by atoms with E-state index in [1.807, 2.05) is 0 Å². The van der Waals surface area contributed by atoms with Gasteiger partial charge in [0.1, 0.15) is 10.4 Å². The molecule has 2 N–H and O–H groups in total. The molecule has 1 aromatic rings. The van der Waals surface area contributed by atoms with Crippen LogP contribution in [-0.4, -0.2) is 43.3 Å². The lowest BCUT2D eigenvalue weighted by Crippen LogP contribution is -2.47. The molecule has 6 nitrogen and oxygen atoms in total. The van der Waals surface area contributed by atoms with E-state index >= 15 is 0 Å². The van der Waals surface area contributed by atoms with Gasteiger partial charge in [-0.15, -0.1) is 0 Å². The maximum atomic E-state index is 12.5. The summed E-state index contributed by atoms with van der Waals surface area (Å²) in [6.45, 7) is 3.43. The largest absolute Gasteiger partial charge is 0.480 e. The molecule has 1 fully saturated rings. The number of amides is 1. The number of thioether (sulfide) groups is 1. The molecule has 0 unspecified atom stereocenters. The maximum Gasteiger partial charge on any atom is 0.335 e. The van der Waals surface area contributed by atoms with Crippen molar-refractivity contribution in [2.45, 2.75) is 19.9 Å². The van der Waals surface area contributed by atoms with E-state index in [-0.39, 0.29) is 15.8 Å².